The number of carbonyl (C=O) groups excluding carboxylic acids is 1. The van der Waals surface area contributed by atoms with Crippen molar-refractivity contribution in [3.63, 3.8) is 0 Å². The summed E-state index contributed by atoms with van der Waals surface area (Å²) in [6.07, 6.45) is 2.44. The third-order valence-corrected chi connectivity index (χ3v) is 6.73. The number of aryl methyl sites for hydroxylation is 4. The molecule has 5 heteroatoms. The van der Waals surface area contributed by atoms with Gasteiger partial charge in [0.25, 0.3) is 0 Å². The van der Waals surface area contributed by atoms with Crippen molar-refractivity contribution in [2.45, 2.75) is 52.5 Å². The first-order chi connectivity index (χ1) is 17.0. The SMILES string of the molecule is Cc1cccc(OCCCCn2c(C3CC(=O)N(c4cc(C)cc(C)c4)C3)nc3ccccc32)c1. The molecule has 0 N–H and O–H groups in total. The van der Waals surface area contributed by atoms with Crippen molar-refractivity contribution < 1.29 is 9.53 Å². The van der Waals surface area contributed by atoms with Crippen LogP contribution >= 0.6 is 0 Å². The van der Waals surface area contributed by atoms with E-state index in [9.17, 15) is 4.79 Å². The molecule has 5 nitrogen and oxygen atoms in total. The van der Waals surface area contributed by atoms with Gasteiger partial charge in [-0.3, -0.25) is 4.79 Å². The van der Waals surface area contributed by atoms with E-state index in [-0.39, 0.29) is 11.8 Å². The monoisotopic (exact) mass is 467 g/mol. The van der Waals surface area contributed by atoms with Gasteiger partial charge >= 0.3 is 0 Å². The molecule has 5 rings (SSSR count). The Morgan fingerprint density at radius 3 is 2.51 bits per heavy atom. The predicted molar refractivity (Wildman–Crippen MR) is 141 cm³/mol. The van der Waals surface area contributed by atoms with Crippen molar-refractivity contribution in [1.82, 2.24) is 9.55 Å². The van der Waals surface area contributed by atoms with Crippen LogP contribution in [0.2, 0.25) is 0 Å². The molecule has 0 saturated carbocycles. The van der Waals surface area contributed by atoms with E-state index < -0.39 is 0 Å². The first kappa shape index (κ1) is 23.2. The van der Waals surface area contributed by atoms with Gasteiger partial charge in [-0.1, -0.05) is 30.3 Å². The fraction of sp³-hybridized carbons (Fsp3) is 0.333. The number of aromatic nitrogens is 2. The second kappa shape index (κ2) is 9.95. The summed E-state index contributed by atoms with van der Waals surface area (Å²) in [6, 6.07) is 22.8. The minimum absolute atomic E-state index is 0.0827. The van der Waals surface area contributed by atoms with Crippen LogP contribution in [0.25, 0.3) is 11.0 Å². The largest absolute Gasteiger partial charge is 0.494 e. The van der Waals surface area contributed by atoms with Gasteiger partial charge in [-0.05, 0) is 86.7 Å². The van der Waals surface area contributed by atoms with Crippen molar-refractivity contribution in [3.05, 3.63) is 89.2 Å². The fourth-order valence-electron chi connectivity index (χ4n) is 5.14. The lowest BCUT2D eigenvalue weighted by Crippen LogP contribution is -2.24. The molecule has 1 fully saturated rings. The Morgan fingerprint density at radius 1 is 0.914 bits per heavy atom. The summed E-state index contributed by atoms with van der Waals surface area (Å²) in [4.78, 5) is 20.0. The minimum Gasteiger partial charge on any atom is -0.494 e. The van der Waals surface area contributed by atoms with E-state index in [1.807, 2.05) is 23.1 Å². The lowest BCUT2D eigenvalue weighted by molar-refractivity contribution is -0.117. The number of para-hydroxylation sites is 2. The second-order valence-corrected chi connectivity index (χ2v) is 9.73. The fourth-order valence-corrected chi connectivity index (χ4v) is 5.14. The highest BCUT2D eigenvalue weighted by Crippen LogP contribution is 2.34. The second-order valence-electron chi connectivity index (χ2n) is 9.73. The number of carbonyl (C=O) groups is 1. The van der Waals surface area contributed by atoms with E-state index in [1.165, 1.54) is 16.7 Å². The average Bonchev–Trinajstić information content (AvgIpc) is 3.39. The van der Waals surface area contributed by atoms with E-state index in [2.05, 4.69) is 73.9 Å². The summed E-state index contributed by atoms with van der Waals surface area (Å²) in [5.74, 6) is 2.20. The number of hydrogen-bond acceptors (Lipinski definition) is 3. The summed E-state index contributed by atoms with van der Waals surface area (Å²) in [5, 5.41) is 0. The van der Waals surface area contributed by atoms with Gasteiger partial charge in [0, 0.05) is 31.1 Å². The van der Waals surface area contributed by atoms with Crippen LogP contribution < -0.4 is 9.64 Å². The van der Waals surface area contributed by atoms with Crippen molar-refractivity contribution in [3.8, 4) is 5.75 Å². The maximum Gasteiger partial charge on any atom is 0.227 e. The average molecular weight is 468 g/mol. The molecule has 1 aliphatic heterocycles. The molecule has 0 spiro atoms. The van der Waals surface area contributed by atoms with Gasteiger partial charge in [0.15, 0.2) is 0 Å². The summed E-state index contributed by atoms with van der Waals surface area (Å²) in [6.45, 7) is 8.46. The van der Waals surface area contributed by atoms with Crippen LogP contribution in [0.1, 0.15) is 47.7 Å². The summed E-state index contributed by atoms with van der Waals surface area (Å²) in [7, 11) is 0. The van der Waals surface area contributed by atoms with Gasteiger partial charge in [0.2, 0.25) is 5.91 Å². The highest BCUT2D eigenvalue weighted by Gasteiger charge is 2.34. The number of anilines is 1. The molecule has 1 aliphatic rings. The zero-order valence-electron chi connectivity index (χ0n) is 20.8. The van der Waals surface area contributed by atoms with Gasteiger partial charge in [-0.2, -0.15) is 0 Å². The van der Waals surface area contributed by atoms with Crippen molar-refractivity contribution in [2.75, 3.05) is 18.1 Å². The molecular weight excluding hydrogens is 434 g/mol. The molecule has 1 amide bonds. The van der Waals surface area contributed by atoms with Gasteiger partial charge < -0.3 is 14.2 Å². The lowest BCUT2D eigenvalue weighted by atomic mass is 10.1. The van der Waals surface area contributed by atoms with E-state index in [0.717, 1.165) is 47.7 Å². The van der Waals surface area contributed by atoms with Gasteiger partial charge in [0.05, 0.1) is 17.6 Å². The smallest absolute Gasteiger partial charge is 0.227 e. The maximum absolute atomic E-state index is 13.0. The van der Waals surface area contributed by atoms with Crippen molar-refractivity contribution in [2.24, 2.45) is 0 Å². The number of imidazole rings is 1. The van der Waals surface area contributed by atoms with Crippen molar-refractivity contribution >= 4 is 22.6 Å². The molecule has 4 aromatic rings. The molecule has 2 heterocycles. The lowest BCUT2D eigenvalue weighted by Gasteiger charge is -2.19. The molecule has 1 aromatic heterocycles. The number of nitrogens with zero attached hydrogens (tertiary/aromatic N) is 3. The molecule has 3 aromatic carbocycles. The molecule has 1 unspecified atom stereocenters. The third kappa shape index (κ3) is 5.09. The molecule has 35 heavy (non-hydrogen) atoms. The highest BCUT2D eigenvalue weighted by molar-refractivity contribution is 5.96. The number of benzene rings is 3. The van der Waals surface area contributed by atoms with E-state index >= 15 is 0 Å². The number of rotatable bonds is 8. The Kier molecular flexibility index (Phi) is 6.58. The summed E-state index contributed by atoms with van der Waals surface area (Å²) >= 11 is 0. The zero-order chi connectivity index (χ0) is 24.4. The van der Waals surface area contributed by atoms with Crippen LogP contribution in [0.15, 0.2) is 66.7 Å². The Hall–Kier alpha value is -3.60. The Labute approximate surface area is 207 Å². The Morgan fingerprint density at radius 2 is 1.71 bits per heavy atom. The van der Waals surface area contributed by atoms with E-state index in [4.69, 9.17) is 9.72 Å². The number of amides is 1. The van der Waals surface area contributed by atoms with Gasteiger partial charge in [-0.15, -0.1) is 0 Å². The van der Waals surface area contributed by atoms with Gasteiger partial charge in [-0.25, -0.2) is 4.98 Å². The summed E-state index contributed by atoms with van der Waals surface area (Å²) in [5.41, 5.74) is 6.69. The molecule has 0 radical (unpaired) electrons. The van der Waals surface area contributed by atoms with Crippen LogP contribution in [0.4, 0.5) is 5.69 Å². The maximum atomic E-state index is 13.0. The topological polar surface area (TPSA) is 47.4 Å². The minimum atomic E-state index is 0.0827. The van der Waals surface area contributed by atoms with E-state index in [1.54, 1.807) is 0 Å². The first-order valence-electron chi connectivity index (χ1n) is 12.5. The molecule has 1 atom stereocenters. The Balaban J connectivity index is 1.31. The van der Waals surface area contributed by atoms with Crippen LogP contribution in [-0.4, -0.2) is 28.6 Å². The number of unbranched alkanes of at least 4 members (excludes halogenated alkanes) is 1. The molecule has 0 bridgehead atoms. The van der Waals surface area contributed by atoms with Crippen molar-refractivity contribution in [1.29, 1.82) is 0 Å². The number of hydrogen-bond donors (Lipinski definition) is 0. The molecule has 180 valence electrons. The quantitative estimate of drug-likeness (QED) is 0.284. The molecular formula is C30H33N3O2. The van der Waals surface area contributed by atoms with Crippen LogP contribution in [-0.2, 0) is 11.3 Å². The standard InChI is InChI=1S/C30H33N3O2/c1-21-9-8-10-26(18-21)35-14-7-6-13-32-28-12-5-4-11-27(28)31-30(32)24-19-29(34)33(20-24)25-16-22(2)15-23(3)17-25/h4-5,8-12,15-18,24H,6-7,13-14,19-20H2,1-3H3. The van der Waals surface area contributed by atoms with Crippen LogP contribution in [0.3, 0.4) is 0 Å². The first-order valence-corrected chi connectivity index (χ1v) is 12.5. The number of fused-ring (bicyclic) bond motifs is 1. The highest BCUT2D eigenvalue weighted by atomic mass is 16.5. The summed E-state index contributed by atoms with van der Waals surface area (Å²) < 4.78 is 8.27. The van der Waals surface area contributed by atoms with E-state index in [0.29, 0.717) is 19.6 Å². The Bertz CT molecular complexity index is 1340. The normalized spacial score (nSPS) is 15.8. The van der Waals surface area contributed by atoms with Gasteiger partial charge in [0.1, 0.15) is 11.6 Å². The predicted octanol–water partition coefficient (Wildman–Crippen LogP) is 6.34. The zero-order valence-corrected chi connectivity index (χ0v) is 20.8. The van der Waals surface area contributed by atoms with Crippen LogP contribution in [0.5, 0.6) is 5.75 Å². The molecule has 0 aliphatic carbocycles. The number of ether oxygens (including phenoxy) is 1. The van der Waals surface area contributed by atoms with Crippen LogP contribution in [0, 0.1) is 20.8 Å². The third-order valence-electron chi connectivity index (χ3n) is 6.73. The molecule has 1 saturated heterocycles.